The molecule has 4 nitrogen and oxygen atoms in total. The van der Waals surface area contributed by atoms with Crippen molar-refractivity contribution in [3.05, 3.63) is 0 Å². The Balaban J connectivity index is 2.50. The van der Waals surface area contributed by atoms with E-state index in [1.54, 1.807) is 0 Å². The number of nitrogens with one attached hydrogen (secondary N) is 1. The number of carboxylic acids is 1. The van der Waals surface area contributed by atoms with E-state index in [0.717, 1.165) is 6.42 Å². The fourth-order valence-corrected chi connectivity index (χ4v) is 2.00. The minimum atomic E-state index is -0.750. The van der Waals surface area contributed by atoms with Crippen molar-refractivity contribution in [2.75, 3.05) is 0 Å². The van der Waals surface area contributed by atoms with Crippen molar-refractivity contribution < 1.29 is 14.7 Å². The highest BCUT2D eigenvalue weighted by Crippen LogP contribution is 2.31. The summed E-state index contributed by atoms with van der Waals surface area (Å²) < 4.78 is 0. The van der Waals surface area contributed by atoms with Crippen LogP contribution in [-0.4, -0.2) is 23.0 Å². The van der Waals surface area contributed by atoms with E-state index < -0.39 is 5.97 Å². The van der Waals surface area contributed by atoms with E-state index in [1.165, 1.54) is 6.92 Å². The van der Waals surface area contributed by atoms with Gasteiger partial charge in [-0.15, -0.1) is 0 Å². The molecular weight excluding hydrogens is 170 g/mol. The van der Waals surface area contributed by atoms with E-state index in [2.05, 4.69) is 5.32 Å². The number of aliphatic carboxylic acids is 1. The van der Waals surface area contributed by atoms with Crippen molar-refractivity contribution in [2.24, 2.45) is 11.8 Å². The minimum Gasteiger partial charge on any atom is -0.481 e. The Kier molecular flexibility index (Phi) is 2.90. The average Bonchev–Trinajstić information content (AvgIpc) is 2.29. The van der Waals surface area contributed by atoms with Crippen LogP contribution in [0.3, 0.4) is 0 Å². The second-order valence-electron chi connectivity index (χ2n) is 3.79. The molecular formula is C9H15NO3. The molecule has 0 unspecified atom stereocenters. The van der Waals surface area contributed by atoms with Crippen molar-refractivity contribution in [1.29, 1.82) is 0 Å². The second kappa shape index (κ2) is 3.77. The quantitative estimate of drug-likeness (QED) is 0.662. The molecule has 4 heteroatoms. The Hall–Kier alpha value is -1.06. The molecule has 1 aliphatic rings. The topological polar surface area (TPSA) is 66.4 Å². The summed E-state index contributed by atoms with van der Waals surface area (Å²) in [7, 11) is 0. The summed E-state index contributed by atoms with van der Waals surface area (Å²) >= 11 is 0. The van der Waals surface area contributed by atoms with Crippen LogP contribution in [-0.2, 0) is 9.59 Å². The predicted molar refractivity (Wildman–Crippen MR) is 47.1 cm³/mol. The third-order valence-corrected chi connectivity index (χ3v) is 2.61. The third-order valence-electron chi connectivity index (χ3n) is 2.61. The molecule has 0 aliphatic heterocycles. The first-order chi connectivity index (χ1) is 6.00. The zero-order valence-corrected chi connectivity index (χ0v) is 7.91. The Bertz CT molecular complexity index is 227. The molecule has 0 aromatic rings. The third kappa shape index (κ3) is 2.44. The Morgan fingerprint density at radius 1 is 1.38 bits per heavy atom. The fourth-order valence-electron chi connectivity index (χ4n) is 2.00. The van der Waals surface area contributed by atoms with Gasteiger partial charge in [-0.1, -0.05) is 6.92 Å². The highest BCUT2D eigenvalue weighted by atomic mass is 16.4. The minimum absolute atomic E-state index is 0.0496. The maximum absolute atomic E-state index is 10.7. The van der Waals surface area contributed by atoms with Gasteiger partial charge in [-0.25, -0.2) is 0 Å². The number of carbonyl (C=O) groups is 2. The lowest BCUT2D eigenvalue weighted by Gasteiger charge is -2.09. The smallest absolute Gasteiger partial charge is 0.306 e. The van der Waals surface area contributed by atoms with Gasteiger partial charge in [0.15, 0.2) is 0 Å². The first-order valence-corrected chi connectivity index (χ1v) is 4.50. The summed E-state index contributed by atoms with van der Waals surface area (Å²) in [5.41, 5.74) is 0. The molecule has 1 amide bonds. The van der Waals surface area contributed by atoms with Crippen LogP contribution in [0.4, 0.5) is 0 Å². The van der Waals surface area contributed by atoms with Crippen LogP contribution in [0.15, 0.2) is 0 Å². The van der Waals surface area contributed by atoms with Gasteiger partial charge in [-0.05, 0) is 18.8 Å². The summed E-state index contributed by atoms with van der Waals surface area (Å²) in [5.74, 6) is -0.963. The summed E-state index contributed by atoms with van der Waals surface area (Å²) in [5, 5.41) is 11.6. The molecule has 1 fully saturated rings. The van der Waals surface area contributed by atoms with E-state index in [-0.39, 0.29) is 23.8 Å². The van der Waals surface area contributed by atoms with Gasteiger partial charge in [0.1, 0.15) is 0 Å². The van der Waals surface area contributed by atoms with Crippen molar-refractivity contribution >= 4 is 11.9 Å². The SMILES string of the molecule is CC(=O)N[C@H]1C[C@@H](C)[C@@H](C(=O)O)C1. The van der Waals surface area contributed by atoms with Crippen LogP contribution < -0.4 is 5.32 Å². The van der Waals surface area contributed by atoms with Gasteiger partial charge in [0, 0.05) is 13.0 Å². The van der Waals surface area contributed by atoms with Gasteiger partial charge < -0.3 is 10.4 Å². The fraction of sp³-hybridized carbons (Fsp3) is 0.778. The van der Waals surface area contributed by atoms with Crippen molar-refractivity contribution in [3.8, 4) is 0 Å². The van der Waals surface area contributed by atoms with Gasteiger partial charge in [0.25, 0.3) is 0 Å². The molecule has 0 aromatic heterocycles. The Morgan fingerprint density at radius 3 is 2.38 bits per heavy atom. The first kappa shape index (κ1) is 10.0. The maximum atomic E-state index is 10.7. The van der Waals surface area contributed by atoms with Crippen LogP contribution in [0, 0.1) is 11.8 Å². The molecule has 0 radical (unpaired) electrons. The molecule has 0 spiro atoms. The van der Waals surface area contributed by atoms with Crippen LogP contribution >= 0.6 is 0 Å². The summed E-state index contributed by atoms with van der Waals surface area (Å²) in [6.45, 7) is 3.37. The molecule has 74 valence electrons. The largest absolute Gasteiger partial charge is 0.481 e. The van der Waals surface area contributed by atoms with E-state index in [4.69, 9.17) is 5.11 Å². The van der Waals surface area contributed by atoms with Crippen LogP contribution in [0.2, 0.25) is 0 Å². The van der Waals surface area contributed by atoms with Crippen LogP contribution in [0.1, 0.15) is 26.7 Å². The van der Waals surface area contributed by atoms with Crippen molar-refractivity contribution in [1.82, 2.24) is 5.32 Å². The molecule has 2 N–H and O–H groups in total. The van der Waals surface area contributed by atoms with E-state index in [9.17, 15) is 9.59 Å². The van der Waals surface area contributed by atoms with E-state index in [0.29, 0.717) is 6.42 Å². The molecule has 0 saturated heterocycles. The molecule has 1 rings (SSSR count). The normalized spacial score (nSPS) is 32.9. The summed E-state index contributed by atoms with van der Waals surface area (Å²) in [6, 6.07) is 0.0496. The number of carbonyl (C=O) groups excluding carboxylic acids is 1. The lowest BCUT2D eigenvalue weighted by Crippen LogP contribution is -2.31. The predicted octanol–water partition coefficient (Wildman–Crippen LogP) is 0.622. The van der Waals surface area contributed by atoms with Crippen LogP contribution in [0.25, 0.3) is 0 Å². The molecule has 0 aromatic carbocycles. The standard InChI is InChI=1S/C9H15NO3/c1-5-3-7(10-6(2)11)4-8(5)9(12)13/h5,7-8H,3-4H2,1-2H3,(H,10,11)(H,12,13)/t5-,7+,8+/m1/s1. The van der Waals surface area contributed by atoms with Crippen molar-refractivity contribution in [3.63, 3.8) is 0 Å². The zero-order valence-electron chi connectivity index (χ0n) is 7.91. The molecule has 1 saturated carbocycles. The van der Waals surface area contributed by atoms with Gasteiger partial charge in [-0.3, -0.25) is 9.59 Å². The van der Waals surface area contributed by atoms with Crippen LogP contribution in [0.5, 0.6) is 0 Å². The maximum Gasteiger partial charge on any atom is 0.306 e. The van der Waals surface area contributed by atoms with E-state index >= 15 is 0 Å². The molecule has 0 bridgehead atoms. The van der Waals surface area contributed by atoms with Crippen molar-refractivity contribution in [2.45, 2.75) is 32.7 Å². The number of carboxylic acid groups (broad SMARTS) is 1. The van der Waals surface area contributed by atoms with Gasteiger partial charge in [-0.2, -0.15) is 0 Å². The summed E-state index contributed by atoms with van der Waals surface area (Å²) in [6.07, 6.45) is 1.34. The Labute approximate surface area is 77.3 Å². The molecule has 3 atom stereocenters. The lowest BCUT2D eigenvalue weighted by molar-refractivity contribution is -0.142. The molecule has 13 heavy (non-hydrogen) atoms. The number of rotatable bonds is 2. The highest BCUT2D eigenvalue weighted by molar-refractivity contribution is 5.74. The molecule has 0 heterocycles. The number of amides is 1. The zero-order chi connectivity index (χ0) is 10.0. The van der Waals surface area contributed by atoms with Gasteiger partial charge >= 0.3 is 5.97 Å². The summed E-state index contributed by atoms with van der Waals surface area (Å²) in [4.78, 5) is 21.5. The van der Waals surface area contributed by atoms with Gasteiger partial charge in [0.2, 0.25) is 5.91 Å². The first-order valence-electron chi connectivity index (χ1n) is 4.50. The average molecular weight is 185 g/mol. The number of hydrogen-bond donors (Lipinski definition) is 2. The lowest BCUT2D eigenvalue weighted by atomic mass is 9.99. The van der Waals surface area contributed by atoms with Gasteiger partial charge in [0.05, 0.1) is 5.92 Å². The second-order valence-corrected chi connectivity index (χ2v) is 3.79. The Morgan fingerprint density at radius 2 is 2.00 bits per heavy atom. The number of hydrogen-bond acceptors (Lipinski definition) is 2. The monoisotopic (exact) mass is 185 g/mol. The highest BCUT2D eigenvalue weighted by Gasteiger charge is 2.36. The molecule has 1 aliphatic carbocycles. The van der Waals surface area contributed by atoms with E-state index in [1.807, 2.05) is 6.92 Å².